The molecular weight excluding hydrogens is 423 g/mol. The molecule has 6 nitrogen and oxygen atoms in total. The van der Waals surface area contributed by atoms with Gasteiger partial charge < -0.3 is 15.2 Å². The molecule has 1 aliphatic heterocycles. The molecule has 0 unspecified atom stereocenters. The molecule has 1 aliphatic rings. The predicted octanol–water partition coefficient (Wildman–Crippen LogP) is 5.39. The van der Waals surface area contributed by atoms with Crippen LogP contribution in [0.1, 0.15) is 30.4 Å². The molecule has 30 heavy (non-hydrogen) atoms. The number of halogens is 2. The van der Waals surface area contributed by atoms with Gasteiger partial charge in [-0.1, -0.05) is 36.2 Å². The van der Waals surface area contributed by atoms with Gasteiger partial charge in [0.05, 0.1) is 33.8 Å². The number of fused-ring (bicyclic) bond motifs is 1. The lowest BCUT2D eigenvalue weighted by Crippen LogP contribution is -2.21. The number of benzene rings is 2. The van der Waals surface area contributed by atoms with Gasteiger partial charge in [-0.05, 0) is 48.4 Å². The Hall–Kier alpha value is -3.14. The Morgan fingerprint density at radius 2 is 1.97 bits per heavy atom. The van der Waals surface area contributed by atoms with Gasteiger partial charge in [-0.25, -0.2) is 0 Å². The van der Waals surface area contributed by atoms with E-state index >= 15 is 0 Å². The molecular formula is C22H18Cl2N4O2. The number of hydrogen-bond acceptors (Lipinski definition) is 5. The van der Waals surface area contributed by atoms with E-state index in [1.165, 1.54) is 0 Å². The molecule has 1 atom stereocenters. The van der Waals surface area contributed by atoms with Gasteiger partial charge in [-0.15, -0.1) is 5.10 Å². The second-order valence-electron chi connectivity index (χ2n) is 6.79. The van der Waals surface area contributed by atoms with E-state index in [1.54, 1.807) is 12.1 Å². The van der Waals surface area contributed by atoms with E-state index in [0.29, 0.717) is 28.1 Å². The van der Waals surface area contributed by atoms with Crippen LogP contribution in [0, 0.1) is 11.3 Å². The van der Waals surface area contributed by atoms with Crippen molar-refractivity contribution in [3.63, 3.8) is 0 Å². The second-order valence-corrected chi connectivity index (χ2v) is 7.60. The van der Waals surface area contributed by atoms with E-state index in [0.717, 1.165) is 29.0 Å². The number of H-pyrrole nitrogens is 1. The summed E-state index contributed by atoms with van der Waals surface area (Å²) in [5.41, 5.74) is 9.38. The van der Waals surface area contributed by atoms with E-state index < -0.39 is 5.92 Å². The summed E-state index contributed by atoms with van der Waals surface area (Å²) in [6, 6.07) is 15.1. The van der Waals surface area contributed by atoms with E-state index in [4.69, 9.17) is 38.4 Å². The number of nitriles is 1. The Bertz CT molecular complexity index is 1160. The van der Waals surface area contributed by atoms with Gasteiger partial charge in [0.2, 0.25) is 11.8 Å². The molecule has 4 rings (SSSR count). The SMILES string of the molecule is CCCOc1ccc(-c2[nH]nc3c2[C@H](c2ccc(Cl)c(Cl)c2)C(C#N)=C(N)O3)cc1. The van der Waals surface area contributed by atoms with Crippen LogP contribution in [0.25, 0.3) is 11.3 Å². The lowest BCUT2D eigenvalue weighted by Gasteiger charge is -2.24. The van der Waals surface area contributed by atoms with Crippen molar-refractivity contribution in [2.24, 2.45) is 5.73 Å². The van der Waals surface area contributed by atoms with Crippen molar-refractivity contribution in [1.29, 1.82) is 5.26 Å². The molecule has 0 bridgehead atoms. The summed E-state index contributed by atoms with van der Waals surface area (Å²) >= 11 is 12.3. The zero-order valence-electron chi connectivity index (χ0n) is 16.1. The van der Waals surface area contributed by atoms with Crippen LogP contribution in [0.4, 0.5) is 0 Å². The summed E-state index contributed by atoms with van der Waals surface area (Å²) in [5.74, 6) is 0.623. The highest BCUT2D eigenvalue weighted by molar-refractivity contribution is 6.42. The average Bonchev–Trinajstić information content (AvgIpc) is 3.17. The predicted molar refractivity (Wildman–Crippen MR) is 116 cm³/mol. The van der Waals surface area contributed by atoms with Crippen LogP contribution >= 0.6 is 23.2 Å². The van der Waals surface area contributed by atoms with Crippen molar-refractivity contribution in [2.45, 2.75) is 19.3 Å². The number of allylic oxidation sites excluding steroid dienone is 1. The summed E-state index contributed by atoms with van der Waals surface area (Å²) < 4.78 is 11.3. The third-order valence-electron chi connectivity index (χ3n) is 4.83. The first-order valence-corrected chi connectivity index (χ1v) is 10.1. The number of aromatic nitrogens is 2. The summed E-state index contributed by atoms with van der Waals surface area (Å²) in [6.07, 6.45) is 0.934. The topological polar surface area (TPSA) is 97.0 Å². The summed E-state index contributed by atoms with van der Waals surface area (Å²) in [6.45, 7) is 2.71. The first kappa shape index (κ1) is 20.1. The van der Waals surface area contributed by atoms with Gasteiger partial charge in [-0.2, -0.15) is 5.26 Å². The maximum Gasteiger partial charge on any atom is 0.244 e. The molecule has 1 aromatic heterocycles. The fourth-order valence-corrected chi connectivity index (χ4v) is 3.73. The van der Waals surface area contributed by atoms with Gasteiger partial charge in [0.1, 0.15) is 17.4 Å². The maximum atomic E-state index is 9.79. The van der Waals surface area contributed by atoms with E-state index in [9.17, 15) is 5.26 Å². The van der Waals surface area contributed by atoms with Crippen molar-refractivity contribution in [3.8, 4) is 29.0 Å². The third kappa shape index (κ3) is 3.58. The fraction of sp³-hybridized carbons (Fsp3) is 0.182. The lowest BCUT2D eigenvalue weighted by atomic mass is 9.83. The highest BCUT2D eigenvalue weighted by Gasteiger charge is 2.35. The summed E-state index contributed by atoms with van der Waals surface area (Å²) in [5, 5.41) is 17.9. The first-order valence-electron chi connectivity index (χ1n) is 9.37. The molecule has 0 spiro atoms. The van der Waals surface area contributed by atoms with Gasteiger partial charge in [0.15, 0.2) is 0 Å². The standard InChI is InChI=1S/C22H18Cl2N4O2/c1-2-9-29-14-6-3-12(4-7-14)20-19-18(13-5-8-16(23)17(24)10-13)15(11-25)21(26)30-22(19)28-27-20/h3-8,10,18H,2,9,26H2,1H3,(H,27,28)/t18-/m1/s1. The molecule has 0 aliphatic carbocycles. The smallest absolute Gasteiger partial charge is 0.244 e. The van der Waals surface area contributed by atoms with Crippen molar-refractivity contribution in [1.82, 2.24) is 10.2 Å². The van der Waals surface area contributed by atoms with E-state index in [2.05, 4.69) is 23.2 Å². The second kappa shape index (κ2) is 8.31. The number of ether oxygens (including phenoxy) is 2. The largest absolute Gasteiger partial charge is 0.494 e. The summed E-state index contributed by atoms with van der Waals surface area (Å²) in [7, 11) is 0. The van der Waals surface area contributed by atoms with E-state index in [1.807, 2.05) is 30.3 Å². The molecule has 0 saturated heterocycles. The fourth-order valence-electron chi connectivity index (χ4n) is 3.43. The molecule has 152 valence electrons. The highest BCUT2D eigenvalue weighted by atomic mass is 35.5. The Balaban J connectivity index is 1.82. The number of nitrogens with two attached hydrogens (primary N) is 1. The molecule has 0 radical (unpaired) electrons. The molecule has 3 N–H and O–H groups in total. The molecule has 8 heteroatoms. The Morgan fingerprint density at radius 1 is 1.20 bits per heavy atom. The van der Waals surface area contributed by atoms with Crippen LogP contribution in [-0.2, 0) is 0 Å². The highest BCUT2D eigenvalue weighted by Crippen LogP contribution is 2.46. The van der Waals surface area contributed by atoms with Crippen molar-refractivity contribution in [2.75, 3.05) is 6.61 Å². The first-order chi connectivity index (χ1) is 14.5. The summed E-state index contributed by atoms with van der Waals surface area (Å²) in [4.78, 5) is 0. The van der Waals surface area contributed by atoms with Crippen molar-refractivity contribution in [3.05, 3.63) is 75.1 Å². The van der Waals surface area contributed by atoms with Crippen molar-refractivity contribution < 1.29 is 9.47 Å². The van der Waals surface area contributed by atoms with Crippen LogP contribution in [0.15, 0.2) is 53.9 Å². The monoisotopic (exact) mass is 440 g/mol. The number of aromatic amines is 1. The zero-order valence-corrected chi connectivity index (χ0v) is 17.6. The van der Waals surface area contributed by atoms with Crippen LogP contribution in [0.2, 0.25) is 10.0 Å². The minimum atomic E-state index is -0.502. The van der Waals surface area contributed by atoms with Crippen LogP contribution in [0.5, 0.6) is 11.6 Å². The molecule has 0 amide bonds. The van der Waals surface area contributed by atoms with Gasteiger partial charge >= 0.3 is 0 Å². The van der Waals surface area contributed by atoms with Crippen LogP contribution < -0.4 is 15.2 Å². The quantitative estimate of drug-likeness (QED) is 0.553. The van der Waals surface area contributed by atoms with Gasteiger partial charge in [-0.3, -0.25) is 5.10 Å². The van der Waals surface area contributed by atoms with Crippen LogP contribution in [0.3, 0.4) is 0 Å². The number of nitrogens with one attached hydrogen (secondary N) is 1. The zero-order chi connectivity index (χ0) is 21.3. The van der Waals surface area contributed by atoms with Crippen molar-refractivity contribution >= 4 is 23.2 Å². The number of rotatable bonds is 5. The third-order valence-corrected chi connectivity index (χ3v) is 5.57. The molecule has 0 saturated carbocycles. The van der Waals surface area contributed by atoms with Crippen LogP contribution in [-0.4, -0.2) is 16.8 Å². The maximum absolute atomic E-state index is 9.79. The van der Waals surface area contributed by atoms with E-state index in [-0.39, 0.29) is 11.5 Å². The Labute approximate surface area is 183 Å². The number of nitrogens with zero attached hydrogens (tertiary/aromatic N) is 2. The van der Waals surface area contributed by atoms with Gasteiger partial charge in [0.25, 0.3) is 0 Å². The lowest BCUT2D eigenvalue weighted by molar-refractivity contribution is 0.317. The normalized spacial score (nSPS) is 15.3. The Kier molecular flexibility index (Phi) is 5.58. The average molecular weight is 441 g/mol. The number of hydrogen-bond donors (Lipinski definition) is 2. The minimum Gasteiger partial charge on any atom is -0.494 e. The molecule has 2 heterocycles. The van der Waals surface area contributed by atoms with Gasteiger partial charge in [0, 0.05) is 5.56 Å². The molecule has 2 aromatic carbocycles. The minimum absolute atomic E-state index is 0.0161. The molecule has 0 fully saturated rings. The Morgan fingerprint density at radius 3 is 2.63 bits per heavy atom. The molecule has 3 aromatic rings.